The molecule has 0 unspecified atom stereocenters. The number of carbonyl (C=O) groups is 2. The Bertz CT molecular complexity index is 1020. The molecule has 3 rings (SSSR count). The molecule has 28 heavy (non-hydrogen) atoms. The van der Waals surface area contributed by atoms with Gasteiger partial charge in [0.25, 0.3) is 0 Å². The molecule has 0 radical (unpaired) electrons. The number of nitrogens with one attached hydrogen (secondary N) is 1. The van der Waals surface area contributed by atoms with E-state index in [2.05, 4.69) is 15.3 Å². The zero-order valence-corrected chi connectivity index (χ0v) is 16.8. The average Bonchev–Trinajstić information content (AvgIpc) is 2.66. The highest BCUT2D eigenvalue weighted by molar-refractivity contribution is 6.05. The lowest BCUT2D eigenvalue weighted by Gasteiger charge is -2.14. The number of rotatable bonds is 6. The molecule has 1 N–H and O–H groups in total. The quantitative estimate of drug-likeness (QED) is 0.470. The first-order chi connectivity index (χ1) is 13.0. The number of Topliss-reactive ketones (excluding diaryl/α,β-unsaturated/α-hetero) is 1. The SMILES string of the molecule is CCCOC(=O)c1cnc2nc(C)ccc2c1Nc1cccc(C(C)=O)c1.Cl. The van der Waals surface area contributed by atoms with Crippen molar-refractivity contribution in [3.63, 3.8) is 0 Å². The van der Waals surface area contributed by atoms with Gasteiger partial charge in [-0.1, -0.05) is 19.1 Å². The smallest absolute Gasteiger partial charge is 0.341 e. The van der Waals surface area contributed by atoms with Crippen molar-refractivity contribution in [2.45, 2.75) is 27.2 Å². The number of nitrogens with zero attached hydrogens (tertiary/aromatic N) is 2. The van der Waals surface area contributed by atoms with Crippen molar-refractivity contribution in [3.05, 3.63) is 59.4 Å². The first-order valence-electron chi connectivity index (χ1n) is 8.81. The van der Waals surface area contributed by atoms with Crippen molar-refractivity contribution in [1.82, 2.24) is 9.97 Å². The Morgan fingerprint density at radius 2 is 1.96 bits per heavy atom. The fourth-order valence-electron chi connectivity index (χ4n) is 2.69. The molecule has 0 amide bonds. The number of hydrogen-bond donors (Lipinski definition) is 1. The Balaban J connectivity index is 0.00000280. The number of anilines is 2. The number of aryl methyl sites for hydroxylation is 1. The number of hydrogen-bond acceptors (Lipinski definition) is 6. The van der Waals surface area contributed by atoms with Gasteiger partial charge >= 0.3 is 5.97 Å². The minimum atomic E-state index is -0.447. The molecule has 2 heterocycles. The lowest BCUT2D eigenvalue weighted by molar-refractivity contribution is 0.0506. The van der Waals surface area contributed by atoms with Gasteiger partial charge in [0.2, 0.25) is 0 Å². The molecular formula is C21H22ClN3O3. The summed E-state index contributed by atoms with van der Waals surface area (Å²) in [7, 11) is 0. The molecule has 0 saturated carbocycles. The van der Waals surface area contributed by atoms with E-state index in [0.717, 1.165) is 12.1 Å². The van der Waals surface area contributed by atoms with E-state index in [1.165, 1.54) is 13.1 Å². The first kappa shape index (κ1) is 21.3. The minimum absolute atomic E-state index is 0. The van der Waals surface area contributed by atoms with Crippen LogP contribution in [0.2, 0.25) is 0 Å². The third-order valence-electron chi connectivity index (χ3n) is 4.06. The van der Waals surface area contributed by atoms with Crippen LogP contribution >= 0.6 is 12.4 Å². The maximum Gasteiger partial charge on any atom is 0.341 e. The van der Waals surface area contributed by atoms with Gasteiger partial charge in [-0.05, 0) is 44.5 Å². The summed E-state index contributed by atoms with van der Waals surface area (Å²) in [6, 6.07) is 10.9. The molecule has 0 atom stereocenters. The van der Waals surface area contributed by atoms with Crippen molar-refractivity contribution in [1.29, 1.82) is 0 Å². The van der Waals surface area contributed by atoms with E-state index in [4.69, 9.17) is 4.74 Å². The number of esters is 1. The number of pyridine rings is 2. The molecular weight excluding hydrogens is 378 g/mol. The monoisotopic (exact) mass is 399 g/mol. The second kappa shape index (κ2) is 9.28. The molecule has 0 spiro atoms. The number of fused-ring (bicyclic) bond motifs is 1. The summed E-state index contributed by atoms with van der Waals surface area (Å²) in [5.41, 5.74) is 3.54. The van der Waals surface area contributed by atoms with Crippen molar-refractivity contribution >= 4 is 46.6 Å². The normalized spacial score (nSPS) is 10.2. The summed E-state index contributed by atoms with van der Waals surface area (Å²) in [5.74, 6) is -0.477. The predicted octanol–water partition coefficient (Wildman–Crippen LogP) is 4.87. The van der Waals surface area contributed by atoms with E-state index in [1.807, 2.05) is 32.0 Å². The zero-order valence-electron chi connectivity index (χ0n) is 16.0. The van der Waals surface area contributed by atoms with Gasteiger partial charge < -0.3 is 10.1 Å². The van der Waals surface area contributed by atoms with Crippen LogP contribution in [0.15, 0.2) is 42.6 Å². The summed E-state index contributed by atoms with van der Waals surface area (Å²) >= 11 is 0. The van der Waals surface area contributed by atoms with Crippen LogP contribution in [0.3, 0.4) is 0 Å². The lowest BCUT2D eigenvalue weighted by Crippen LogP contribution is -2.10. The van der Waals surface area contributed by atoms with E-state index in [1.54, 1.807) is 18.2 Å². The fraction of sp³-hybridized carbons (Fsp3) is 0.238. The number of halogens is 1. The molecule has 3 aromatic rings. The van der Waals surface area contributed by atoms with E-state index in [0.29, 0.717) is 40.1 Å². The fourth-order valence-corrected chi connectivity index (χ4v) is 2.69. The highest BCUT2D eigenvalue weighted by Crippen LogP contribution is 2.29. The van der Waals surface area contributed by atoms with Gasteiger partial charge in [0.05, 0.1) is 12.3 Å². The summed E-state index contributed by atoms with van der Waals surface area (Å²) in [6.45, 7) is 5.67. The van der Waals surface area contributed by atoms with E-state index >= 15 is 0 Å². The Kier molecular flexibility index (Phi) is 7.06. The van der Waals surface area contributed by atoms with Crippen LogP contribution in [0.5, 0.6) is 0 Å². The van der Waals surface area contributed by atoms with Gasteiger partial charge in [-0.3, -0.25) is 4.79 Å². The van der Waals surface area contributed by atoms with Gasteiger partial charge in [-0.25, -0.2) is 14.8 Å². The highest BCUT2D eigenvalue weighted by atomic mass is 35.5. The number of benzene rings is 1. The van der Waals surface area contributed by atoms with E-state index < -0.39 is 5.97 Å². The molecule has 0 aliphatic rings. The van der Waals surface area contributed by atoms with Crippen molar-refractivity contribution in [3.8, 4) is 0 Å². The van der Waals surface area contributed by atoms with Crippen LogP contribution in [0.25, 0.3) is 11.0 Å². The molecule has 0 aliphatic heterocycles. The number of ether oxygens (including phenoxy) is 1. The second-order valence-corrected chi connectivity index (χ2v) is 6.27. The van der Waals surface area contributed by atoms with E-state index in [-0.39, 0.29) is 18.2 Å². The van der Waals surface area contributed by atoms with Crippen molar-refractivity contribution in [2.75, 3.05) is 11.9 Å². The van der Waals surface area contributed by atoms with Gasteiger partial charge in [0.1, 0.15) is 5.56 Å². The Labute approximate surface area is 169 Å². The second-order valence-electron chi connectivity index (χ2n) is 6.27. The van der Waals surface area contributed by atoms with Crippen LogP contribution in [-0.4, -0.2) is 28.3 Å². The minimum Gasteiger partial charge on any atom is -0.462 e. The summed E-state index contributed by atoms with van der Waals surface area (Å²) in [4.78, 5) is 32.9. The molecule has 1 aromatic carbocycles. The van der Waals surface area contributed by atoms with Crippen LogP contribution in [-0.2, 0) is 4.74 Å². The number of aromatic nitrogens is 2. The molecule has 0 saturated heterocycles. The average molecular weight is 400 g/mol. The van der Waals surface area contributed by atoms with Gasteiger partial charge in [0.15, 0.2) is 11.4 Å². The molecule has 6 nitrogen and oxygen atoms in total. The summed E-state index contributed by atoms with van der Waals surface area (Å²) in [5, 5.41) is 3.96. The van der Waals surface area contributed by atoms with Crippen LogP contribution in [0.1, 0.15) is 46.7 Å². The van der Waals surface area contributed by atoms with Crippen molar-refractivity contribution in [2.24, 2.45) is 0 Å². The molecule has 0 aliphatic carbocycles. The topological polar surface area (TPSA) is 81.2 Å². The zero-order chi connectivity index (χ0) is 19.4. The predicted molar refractivity (Wildman–Crippen MR) is 112 cm³/mol. The Morgan fingerprint density at radius 3 is 2.68 bits per heavy atom. The largest absolute Gasteiger partial charge is 0.462 e. The summed E-state index contributed by atoms with van der Waals surface area (Å²) < 4.78 is 5.30. The molecule has 146 valence electrons. The first-order valence-corrected chi connectivity index (χ1v) is 8.81. The van der Waals surface area contributed by atoms with Crippen LogP contribution in [0, 0.1) is 6.92 Å². The standard InChI is InChI=1S/C21H21N3O3.ClH/c1-4-10-27-21(26)18-12-22-20-17(9-8-13(2)23-20)19(18)24-16-7-5-6-15(11-16)14(3)25;/h5-9,11-12H,4,10H2,1-3H3,(H,22,23,24);1H. The lowest BCUT2D eigenvalue weighted by atomic mass is 10.1. The van der Waals surface area contributed by atoms with Gasteiger partial charge in [0, 0.05) is 28.5 Å². The maximum absolute atomic E-state index is 12.5. The summed E-state index contributed by atoms with van der Waals surface area (Å²) in [6.07, 6.45) is 2.21. The Morgan fingerprint density at radius 1 is 1.18 bits per heavy atom. The van der Waals surface area contributed by atoms with Gasteiger partial charge in [-0.15, -0.1) is 12.4 Å². The maximum atomic E-state index is 12.5. The number of carbonyl (C=O) groups excluding carboxylic acids is 2. The van der Waals surface area contributed by atoms with Crippen LogP contribution in [0.4, 0.5) is 11.4 Å². The third-order valence-corrected chi connectivity index (χ3v) is 4.06. The van der Waals surface area contributed by atoms with Gasteiger partial charge in [-0.2, -0.15) is 0 Å². The highest BCUT2D eigenvalue weighted by Gasteiger charge is 2.18. The molecule has 7 heteroatoms. The molecule has 0 bridgehead atoms. The molecule has 0 fully saturated rings. The van der Waals surface area contributed by atoms with Crippen molar-refractivity contribution < 1.29 is 14.3 Å². The molecule has 2 aromatic heterocycles. The van der Waals surface area contributed by atoms with Crippen LogP contribution < -0.4 is 5.32 Å². The van der Waals surface area contributed by atoms with E-state index in [9.17, 15) is 9.59 Å². The Hall–Kier alpha value is -2.99. The third kappa shape index (κ3) is 4.64. The number of ketones is 1.